The normalized spacial score (nSPS) is 11.8. The van der Waals surface area contributed by atoms with Crippen molar-refractivity contribution < 1.29 is 23.8 Å². The number of aromatic carboxylic acids is 1. The average Bonchev–Trinajstić information content (AvgIpc) is 2.43. The molecule has 0 saturated heterocycles. The number of hydrogen-bond donors (Lipinski definition) is 2. The maximum absolute atomic E-state index is 13.2. The van der Waals surface area contributed by atoms with Gasteiger partial charge in [0.05, 0.1) is 0 Å². The van der Waals surface area contributed by atoms with Crippen LogP contribution in [0.1, 0.15) is 43.5 Å². The molecule has 1 amide bonds. The van der Waals surface area contributed by atoms with Gasteiger partial charge >= 0.3 is 5.97 Å². The zero-order valence-corrected chi connectivity index (χ0v) is 12.2. The second kappa shape index (κ2) is 8.24. The zero-order chi connectivity index (χ0) is 15.8. The second-order valence-corrected chi connectivity index (χ2v) is 4.70. The molecule has 0 aliphatic heterocycles. The lowest BCUT2D eigenvalue weighted by Gasteiger charge is -2.16. The molecule has 0 saturated carbocycles. The van der Waals surface area contributed by atoms with Crippen LogP contribution in [0.25, 0.3) is 0 Å². The summed E-state index contributed by atoms with van der Waals surface area (Å²) in [4.78, 5) is 22.8. The van der Waals surface area contributed by atoms with Gasteiger partial charge in [-0.2, -0.15) is 0 Å². The maximum Gasteiger partial charge on any atom is 0.339 e. The van der Waals surface area contributed by atoms with E-state index in [2.05, 4.69) is 12.2 Å². The van der Waals surface area contributed by atoms with Crippen LogP contribution in [0.2, 0.25) is 0 Å². The molecule has 0 fully saturated rings. The predicted octanol–water partition coefficient (Wildman–Crippen LogP) is 2.60. The molecule has 0 aliphatic carbocycles. The van der Waals surface area contributed by atoms with Crippen molar-refractivity contribution in [2.45, 2.75) is 39.2 Å². The molecule has 5 nitrogen and oxygen atoms in total. The molecule has 1 aromatic carbocycles. The number of amides is 1. The number of hydrogen-bond acceptors (Lipinski definition) is 3. The van der Waals surface area contributed by atoms with Crippen LogP contribution < -0.4 is 10.1 Å². The highest BCUT2D eigenvalue weighted by molar-refractivity contribution is 5.91. The van der Waals surface area contributed by atoms with Crippen molar-refractivity contribution in [2.75, 3.05) is 6.54 Å². The highest BCUT2D eigenvalue weighted by Gasteiger charge is 2.19. The highest BCUT2D eigenvalue weighted by Crippen LogP contribution is 2.21. The lowest BCUT2D eigenvalue weighted by Crippen LogP contribution is -2.37. The fourth-order valence-electron chi connectivity index (χ4n) is 1.74. The Morgan fingerprint density at radius 1 is 1.38 bits per heavy atom. The molecule has 0 heterocycles. The largest absolute Gasteiger partial charge is 0.480 e. The molecule has 1 aromatic rings. The van der Waals surface area contributed by atoms with E-state index in [9.17, 15) is 14.0 Å². The van der Waals surface area contributed by atoms with E-state index < -0.39 is 17.9 Å². The van der Waals surface area contributed by atoms with Gasteiger partial charge in [0.25, 0.3) is 5.91 Å². The van der Waals surface area contributed by atoms with E-state index in [4.69, 9.17) is 9.84 Å². The van der Waals surface area contributed by atoms with Crippen LogP contribution in [0.3, 0.4) is 0 Å². The smallest absolute Gasteiger partial charge is 0.339 e. The first-order valence-corrected chi connectivity index (χ1v) is 6.93. The number of benzene rings is 1. The monoisotopic (exact) mass is 297 g/mol. The minimum absolute atomic E-state index is 0.154. The van der Waals surface area contributed by atoms with Crippen LogP contribution in [0.15, 0.2) is 18.2 Å². The summed E-state index contributed by atoms with van der Waals surface area (Å²) >= 11 is 0. The van der Waals surface area contributed by atoms with Gasteiger partial charge in [-0.3, -0.25) is 4.79 Å². The van der Waals surface area contributed by atoms with E-state index in [0.29, 0.717) is 6.54 Å². The molecule has 2 N–H and O–H groups in total. The summed E-state index contributed by atoms with van der Waals surface area (Å²) in [6, 6.07) is 3.11. The summed E-state index contributed by atoms with van der Waals surface area (Å²) < 4.78 is 18.4. The average molecular weight is 297 g/mol. The maximum atomic E-state index is 13.2. The summed E-state index contributed by atoms with van der Waals surface area (Å²) in [5, 5.41) is 11.7. The van der Waals surface area contributed by atoms with Crippen molar-refractivity contribution in [2.24, 2.45) is 0 Å². The Balaban J connectivity index is 2.65. The van der Waals surface area contributed by atoms with Crippen LogP contribution in [0.5, 0.6) is 5.75 Å². The first-order valence-electron chi connectivity index (χ1n) is 6.93. The van der Waals surface area contributed by atoms with E-state index in [1.54, 1.807) is 0 Å². The SMILES string of the molecule is CCCCCNC(=O)C(C)Oc1cc(F)ccc1C(=O)O. The number of rotatable bonds is 8. The van der Waals surface area contributed by atoms with Crippen molar-refractivity contribution in [1.29, 1.82) is 0 Å². The number of carboxylic acids is 1. The van der Waals surface area contributed by atoms with Gasteiger partial charge in [0.2, 0.25) is 0 Å². The number of unbranched alkanes of at least 4 members (excludes halogenated alkanes) is 2. The molecule has 0 bridgehead atoms. The van der Waals surface area contributed by atoms with Crippen LogP contribution in [-0.4, -0.2) is 29.6 Å². The van der Waals surface area contributed by atoms with E-state index in [-0.39, 0.29) is 17.2 Å². The molecule has 0 radical (unpaired) electrons. The molecule has 116 valence electrons. The topological polar surface area (TPSA) is 75.6 Å². The third-order valence-electron chi connectivity index (χ3n) is 2.93. The van der Waals surface area contributed by atoms with Crippen molar-refractivity contribution in [1.82, 2.24) is 5.32 Å². The molecular formula is C15H20FNO4. The molecule has 1 atom stereocenters. The van der Waals surface area contributed by atoms with Gasteiger partial charge in [0.1, 0.15) is 17.1 Å². The Morgan fingerprint density at radius 3 is 2.71 bits per heavy atom. The van der Waals surface area contributed by atoms with Crippen LogP contribution in [0.4, 0.5) is 4.39 Å². The van der Waals surface area contributed by atoms with E-state index in [0.717, 1.165) is 37.5 Å². The summed E-state index contributed by atoms with van der Waals surface area (Å²) in [6.07, 6.45) is 2.04. The molecule has 0 aliphatic rings. The zero-order valence-electron chi connectivity index (χ0n) is 12.2. The van der Waals surface area contributed by atoms with Crippen molar-refractivity contribution in [3.05, 3.63) is 29.6 Å². The molecular weight excluding hydrogens is 277 g/mol. The molecule has 1 unspecified atom stereocenters. The summed E-state index contributed by atoms with van der Waals surface area (Å²) in [5.74, 6) is -2.36. The fraction of sp³-hybridized carbons (Fsp3) is 0.467. The lowest BCUT2D eigenvalue weighted by molar-refractivity contribution is -0.127. The second-order valence-electron chi connectivity index (χ2n) is 4.70. The number of halogens is 1. The summed E-state index contributed by atoms with van der Waals surface area (Å²) in [7, 11) is 0. The quantitative estimate of drug-likeness (QED) is 0.723. The van der Waals surface area contributed by atoms with Gasteiger partial charge in [-0.25, -0.2) is 9.18 Å². The number of carbonyl (C=O) groups is 2. The first kappa shape index (κ1) is 16.9. The van der Waals surface area contributed by atoms with Crippen LogP contribution >= 0.6 is 0 Å². The Bertz CT molecular complexity index is 504. The lowest BCUT2D eigenvalue weighted by atomic mass is 10.2. The minimum atomic E-state index is -1.24. The number of nitrogens with one attached hydrogen (secondary N) is 1. The predicted molar refractivity (Wildman–Crippen MR) is 76.0 cm³/mol. The van der Waals surface area contributed by atoms with Crippen LogP contribution in [-0.2, 0) is 4.79 Å². The number of carbonyl (C=O) groups excluding carboxylic acids is 1. The van der Waals surface area contributed by atoms with Crippen molar-refractivity contribution in [3.63, 3.8) is 0 Å². The highest BCUT2D eigenvalue weighted by atomic mass is 19.1. The number of ether oxygens (including phenoxy) is 1. The van der Waals surface area contributed by atoms with Gasteiger partial charge in [-0.05, 0) is 25.5 Å². The van der Waals surface area contributed by atoms with Gasteiger partial charge < -0.3 is 15.2 Å². The van der Waals surface area contributed by atoms with Gasteiger partial charge in [0.15, 0.2) is 6.10 Å². The summed E-state index contributed by atoms with van der Waals surface area (Å²) in [6.45, 7) is 4.09. The van der Waals surface area contributed by atoms with Gasteiger partial charge in [-0.1, -0.05) is 19.8 Å². The molecule has 1 rings (SSSR count). The standard InChI is InChI=1S/C15H20FNO4/c1-3-4-5-8-17-14(18)10(2)21-13-9-11(16)6-7-12(13)15(19)20/h6-7,9-10H,3-5,8H2,1-2H3,(H,17,18)(H,19,20). The van der Waals surface area contributed by atoms with Gasteiger partial charge in [0, 0.05) is 12.6 Å². The van der Waals surface area contributed by atoms with E-state index in [1.165, 1.54) is 6.92 Å². The van der Waals surface area contributed by atoms with Crippen LogP contribution in [0, 0.1) is 5.82 Å². The molecule has 0 spiro atoms. The molecule has 0 aromatic heterocycles. The Morgan fingerprint density at radius 2 is 2.10 bits per heavy atom. The van der Waals surface area contributed by atoms with Crippen molar-refractivity contribution in [3.8, 4) is 5.75 Å². The Labute approximate surface area is 123 Å². The summed E-state index contributed by atoms with van der Waals surface area (Å²) in [5.41, 5.74) is -0.179. The van der Waals surface area contributed by atoms with Crippen molar-refractivity contribution >= 4 is 11.9 Å². The van der Waals surface area contributed by atoms with Gasteiger partial charge in [-0.15, -0.1) is 0 Å². The van der Waals surface area contributed by atoms with E-state index in [1.807, 2.05) is 0 Å². The Kier molecular flexibility index (Phi) is 6.65. The van der Waals surface area contributed by atoms with E-state index >= 15 is 0 Å². The molecule has 21 heavy (non-hydrogen) atoms. The third-order valence-corrected chi connectivity index (χ3v) is 2.93. The third kappa shape index (κ3) is 5.41. The minimum Gasteiger partial charge on any atom is -0.480 e. The first-order chi connectivity index (χ1) is 9.95. The molecule has 6 heteroatoms. The number of carboxylic acid groups (broad SMARTS) is 1. The fourth-order valence-corrected chi connectivity index (χ4v) is 1.74. The Hall–Kier alpha value is -2.11.